The van der Waals surface area contributed by atoms with Crippen LogP contribution in [-0.4, -0.2) is 24.7 Å². The predicted molar refractivity (Wildman–Crippen MR) is 89.0 cm³/mol. The number of carbonyl (C=O) groups is 1. The van der Waals surface area contributed by atoms with Gasteiger partial charge >= 0.3 is 5.97 Å². The third kappa shape index (κ3) is 3.37. The van der Waals surface area contributed by atoms with Gasteiger partial charge in [0, 0.05) is 24.1 Å². The Hall–Kier alpha value is -2.33. The number of para-hydroxylation sites is 1. The monoisotopic (exact) mass is 311 g/mol. The van der Waals surface area contributed by atoms with Crippen molar-refractivity contribution in [2.24, 2.45) is 0 Å². The molecular weight excluding hydrogens is 290 g/mol. The number of carboxylic acid groups (broad SMARTS) is 1. The van der Waals surface area contributed by atoms with Crippen molar-refractivity contribution in [1.82, 2.24) is 5.32 Å². The standard InChI is InChI=1S/C19H21NO3/c1-23-17-5-3-2-4-16(17)19(10-11-19)13-20-12-14-6-8-15(9-7-14)18(21)22/h2-9,20H,10-13H2,1H3,(H,21,22). The third-order valence-corrected chi connectivity index (χ3v) is 4.53. The molecule has 0 atom stereocenters. The Kier molecular flexibility index (Phi) is 4.35. The van der Waals surface area contributed by atoms with E-state index in [1.807, 2.05) is 24.3 Å². The van der Waals surface area contributed by atoms with Crippen LogP contribution in [0.4, 0.5) is 0 Å². The maximum atomic E-state index is 10.9. The van der Waals surface area contributed by atoms with Crippen molar-refractivity contribution >= 4 is 5.97 Å². The van der Waals surface area contributed by atoms with Gasteiger partial charge in [0.15, 0.2) is 0 Å². The summed E-state index contributed by atoms with van der Waals surface area (Å²) in [4.78, 5) is 10.9. The Morgan fingerprint density at radius 3 is 2.48 bits per heavy atom. The molecular formula is C19H21NO3. The molecule has 0 aromatic heterocycles. The van der Waals surface area contributed by atoms with Crippen LogP contribution in [0.1, 0.15) is 34.3 Å². The fourth-order valence-corrected chi connectivity index (χ4v) is 2.99. The Labute approximate surface area is 136 Å². The van der Waals surface area contributed by atoms with E-state index in [0.717, 1.165) is 24.4 Å². The van der Waals surface area contributed by atoms with Gasteiger partial charge in [-0.25, -0.2) is 4.79 Å². The highest BCUT2D eigenvalue weighted by atomic mass is 16.5. The summed E-state index contributed by atoms with van der Waals surface area (Å²) in [6.45, 7) is 1.63. The molecule has 0 aliphatic heterocycles. The molecule has 3 rings (SSSR count). The van der Waals surface area contributed by atoms with E-state index >= 15 is 0 Å². The number of rotatable bonds is 7. The van der Waals surface area contributed by atoms with E-state index in [-0.39, 0.29) is 5.41 Å². The second-order valence-corrected chi connectivity index (χ2v) is 6.09. The van der Waals surface area contributed by atoms with Crippen LogP contribution in [0.3, 0.4) is 0 Å². The van der Waals surface area contributed by atoms with E-state index in [1.165, 1.54) is 18.4 Å². The molecule has 1 fully saturated rings. The first-order chi connectivity index (χ1) is 11.1. The maximum Gasteiger partial charge on any atom is 0.335 e. The number of nitrogens with one attached hydrogen (secondary N) is 1. The van der Waals surface area contributed by atoms with Gasteiger partial charge in [-0.05, 0) is 36.6 Å². The molecule has 0 radical (unpaired) electrons. The largest absolute Gasteiger partial charge is 0.496 e. The molecule has 0 spiro atoms. The number of aromatic carboxylic acids is 1. The summed E-state index contributed by atoms with van der Waals surface area (Å²) in [5.74, 6) is 0.0650. The lowest BCUT2D eigenvalue weighted by Crippen LogP contribution is -2.27. The first-order valence-electron chi connectivity index (χ1n) is 7.81. The van der Waals surface area contributed by atoms with Crippen LogP contribution in [0.15, 0.2) is 48.5 Å². The van der Waals surface area contributed by atoms with Gasteiger partial charge in [0.2, 0.25) is 0 Å². The normalized spacial score (nSPS) is 15.2. The molecule has 0 amide bonds. The molecule has 120 valence electrons. The number of hydrogen-bond donors (Lipinski definition) is 2. The summed E-state index contributed by atoms with van der Waals surface area (Å²) in [6, 6.07) is 15.2. The second-order valence-electron chi connectivity index (χ2n) is 6.09. The molecule has 2 N–H and O–H groups in total. The van der Waals surface area contributed by atoms with E-state index in [0.29, 0.717) is 5.56 Å². The number of methoxy groups -OCH3 is 1. The zero-order chi connectivity index (χ0) is 16.3. The van der Waals surface area contributed by atoms with Crippen molar-refractivity contribution in [3.05, 3.63) is 65.2 Å². The summed E-state index contributed by atoms with van der Waals surface area (Å²) < 4.78 is 5.49. The molecule has 1 aliphatic rings. The minimum atomic E-state index is -0.891. The van der Waals surface area contributed by atoms with Crippen LogP contribution in [0.2, 0.25) is 0 Å². The number of benzene rings is 2. The molecule has 2 aromatic rings. The predicted octanol–water partition coefficient (Wildman–Crippen LogP) is 3.21. The van der Waals surface area contributed by atoms with Gasteiger partial charge in [-0.1, -0.05) is 30.3 Å². The lowest BCUT2D eigenvalue weighted by atomic mass is 9.94. The Bertz CT molecular complexity index is 690. The maximum absolute atomic E-state index is 10.9. The van der Waals surface area contributed by atoms with Crippen LogP contribution >= 0.6 is 0 Å². The Balaban J connectivity index is 1.61. The average Bonchev–Trinajstić information content (AvgIpc) is 3.36. The van der Waals surface area contributed by atoms with Gasteiger partial charge in [0.05, 0.1) is 12.7 Å². The zero-order valence-corrected chi connectivity index (χ0v) is 13.2. The molecule has 4 heteroatoms. The van der Waals surface area contributed by atoms with E-state index in [1.54, 1.807) is 19.2 Å². The molecule has 0 unspecified atom stereocenters. The van der Waals surface area contributed by atoms with Crippen LogP contribution in [0.5, 0.6) is 5.75 Å². The highest BCUT2D eigenvalue weighted by Gasteiger charge is 2.45. The van der Waals surface area contributed by atoms with Crippen molar-refractivity contribution < 1.29 is 14.6 Å². The van der Waals surface area contributed by atoms with E-state index < -0.39 is 5.97 Å². The lowest BCUT2D eigenvalue weighted by Gasteiger charge is -2.19. The fraction of sp³-hybridized carbons (Fsp3) is 0.316. The van der Waals surface area contributed by atoms with Gasteiger partial charge in [-0.15, -0.1) is 0 Å². The van der Waals surface area contributed by atoms with Gasteiger partial charge in [0.1, 0.15) is 5.75 Å². The fourth-order valence-electron chi connectivity index (χ4n) is 2.99. The molecule has 23 heavy (non-hydrogen) atoms. The lowest BCUT2D eigenvalue weighted by molar-refractivity contribution is 0.0697. The number of hydrogen-bond acceptors (Lipinski definition) is 3. The smallest absolute Gasteiger partial charge is 0.335 e. The van der Waals surface area contributed by atoms with Gasteiger partial charge in [-0.2, -0.15) is 0 Å². The second kappa shape index (κ2) is 6.42. The SMILES string of the molecule is COc1ccccc1C1(CNCc2ccc(C(=O)O)cc2)CC1. The average molecular weight is 311 g/mol. The molecule has 0 bridgehead atoms. The summed E-state index contributed by atoms with van der Waals surface area (Å²) in [6.07, 6.45) is 2.33. The van der Waals surface area contributed by atoms with E-state index in [4.69, 9.17) is 9.84 Å². The van der Waals surface area contributed by atoms with Gasteiger partial charge < -0.3 is 15.2 Å². The van der Waals surface area contributed by atoms with E-state index in [2.05, 4.69) is 17.4 Å². The zero-order valence-electron chi connectivity index (χ0n) is 13.2. The first-order valence-corrected chi connectivity index (χ1v) is 7.81. The molecule has 4 nitrogen and oxygen atoms in total. The minimum absolute atomic E-state index is 0.174. The minimum Gasteiger partial charge on any atom is -0.496 e. The topological polar surface area (TPSA) is 58.6 Å². The highest BCUT2D eigenvalue weighted by Crippen LogP contribution is 2.50. The molecule has 2 aromatic carbocycles. The Morgan fingerprint density at radius 1 is 1.17 bits per heavy atom. The molecule has 1 aliphatic carbocycles. The molecule has 1 saturated carbocycles. The van der Waals surface area contributed by atoms with Crippen molar-refractivity contribution in [1.29, 1.82) is 0 Å². The number of carboxylic acids is 1. The summed E-state index contributed by atoms with van der Waals surface area (Å²) in [7, 11) is 1.71. The molecule has 0 heterocycles. The summed E-state index contributed by atoms with van der Waals surface area (Å²) in [5.41, 5.74) is 2.86. The van der Waals surface area contributed by atoms with Crippen LogP contribution in [-0.2, 0) is 12.0 Å². The van der Waals surface area contributed by atoms with Gasteiger partial charge in [-0.3, -0.25) is 0 Å². The third-order valence-electron chi connectivity index (χ3n) is 4.53. The van der Waals surface area contributed by atoms with Crippen molar-refractivity contribution in [2.75, 3.05) is 13.7 Å². The summed E-state index contributed by atoms with van der Waals surface area (Å²) >= 11 is 0. The summed E-state index contributed by atoms with van der Waals surface area (Å²) in [5, 5.41) is 12.4. The number of ether oxygens (including phenoxy) is 1. The highest BCUT2D eigenvalue weighted by molar-refractivity contribution is 5.87. The Morgan fingerprint density at radius 2 is 1.87 bits per heavy atom. The van der Waals surface area contributed by atoms with Crippen LogP contribution < -0.4 is 10.1 Å². The van der Waals surface area contributed by atoms with Crippen LogP contribution in [0.25, 0.3) is 0 Å². The first kappa shape index (κ1) is 15.6. The molecule has 0 saturated heterocycles. The van der Waals surface area contributed by atoms with Crippen molar-refractivity contribution in [2.45, 2.75) is 24.8 Å². The van der Waals surface area contributed by atoms with Gasteiger partial charge in [0.25, 0.3) is 0 Å². The van der Waals surface area contributed by atoms with Crippen molar-refractivity contribution in [3.63, 3.8) is 0 Å². The quantitative estimate of drug-likeness (QED) is 0.824. The van der Waals surface area contributed by atoms with E-state index in [9.17, 15) is 4.79 Å². The van der Waals surface area contributed by atoms with Crippen LogP contribution in [0, 0.1) is 0 Å². The van der Waals surface area contributed by atoms with Crippen molar-refractivity contribution in [3.8, 4) is 5.75 Å².